The Morgan fingerprint density at radius 2 is 1.62 bits per heavy atom. The van der Waals surface area contributed by atoms with Gasteiger partial charge in [-0.1, -0.05) is 49.4 Å². The third kappa shape index (κ3) is 4.93. The molecular weight excluding hydrogens is 304 g/mol. The van der Waals surface area contributed by atoms with Crippen LogP contribution in [0.2, 0.25) is 0 Å². The molecule has 0 aliphatic carbocycles. The second-order valence-corrected chi connectivity index (χ2v) is 5.40. The molecule has 0 aromatic heterocycles. The lowest BCUT2D eigenvalue weighted by Gasteiger charge is -2.10. The van der Waals surface area contributed by atoms with Gasteiger partial charge in [-0.15, -0.1) is 0 Å². The van der Waals surface area contributed by atoms with E-state index in [1.807, 2.05) is 49.4 Å². The molecule has 0 atom stereocenters. The molecule has 0 saturated heterocycles. The average Bonchev–Trinajstić information content (AvgIpc) is 2.61. The molecule has 0 saturated carbocycles. The molecule has 0 spiro atoms. The summed E-state index contributed by atoms with van der Waals surface area (Å²) in [7, 11) is 1.64. The van der Waals surface area contributed by atoms with Gasteiger partial charge in [-0.3, -0.25) is 9.59 Å². The van der Waals surface area contributed by atoms with Crippen LogP contribution in [0.1, 0.15) is 23.6 Å². The first kappa shape index (κ1) is 17.7. The predicted molar refractivity (Wildman–Crippen MR) is 93.5 cm³/mol. The summed E-state index contributed by atoms with van der Waals surface area (Å²) < 4.78 is 5.05. The third-order valence-corrected chi connectivity index (χ3v) is 3.64. The molecule has 5 nitrogen and oxygen atoms in total. The Hall–Kier alpha value is -2.66. The number of rotatable bonds is 6. The van der Waals surface area contributed by atoms with E-state index in [-0.39, 0.29) is 0 Å². The van der Waals surface area contributed by atoms with Crippen LogP contribution in [0.5, 0.6) is 0 Å². The van der Waals surface area contributed by atoms with Crippen LogP contribution < -0.4 is 10.6 Å². The minimum absolute atomic E-state index is 0.301. The highest BCUT2D eigenvalue weighted by atomic mass is 16.5. The average molecular weight is 326 g/mol. The summed E-state index contributed by atoms with van der Waals surface area (Å²) in [4.78, 5) is 23.9. The number of nitrogens with one attached hydrogen (secondary N) is 2. The molecular formula is C19H22N2O3. The standard InChI is InChI=1S/C19H22N2O3/c1-3-16-6-4-5-7-17(16)21-19(23)18(22)20-12-14-8-10-15(11-9-14)13-24-2/h4-11H,3,12-13H2,1-2H3,(H,20,22)(H,21,23). The van der Waals surface area contributed by atoms with E-state index in [0.29, 0.717) is 18.8 Å². The molecule has 0 fully saturated rings. The molecule has 126 valence electrons. The van der Waals surface area contributed by atoms with E-state index in [1.165, 1.54) is 0 Å². The Morgan fingerprint density at radius 1 is 0.958 bits per heavy atom. The Morgan fingerprint density at radius 3 is 2.29 bits per heavy atom. The molecule has 2 amide bonds. The van der Waals surface area contributed by atoms with Gasteiger partial charge in [0.2, 0.25) is 0 Å². The van der Waals surface area contributed by atoms with Crippen molar-refractivity contribution in [2.45, 2.75) is 26.5 Å². The minimum atomic E-state index is -0.660. The Kier molecular flexibility index (Phi) is 6.51. The smallest absolute Gasteiger partial charge is 0.313 e. The molecule has 2 rings (SSSR count). The van der Waals surface area contributed by atoms with Gasteiger partial charge < -0.3 is 15.4 Å². The number of hydrogen-bond acceptors (Lipinski definition) is 3. The van der Waals surface area contributed by atoms with Crippen LogP contribution in [0.3, 0.4) is 0 Å². The number of carbonyl (C=O) groups is 2. The lowest BCUT2D eigenvalue weighted by Crippen LogP contribution is -2.35. The minimum Gasteiger partial charge on any atom is -0.380 e. The maximum Gasteiger partial charge on any atom is 0.313 e. The second-order valence-electron chi connectivity index (χ2n) is 5.40. The molecule has 0 heterocycles. The van der Waals surface area contributed by atoms with Crippen LogP contribution in [0.15, 0.2) is 48.5 Å². The van der Waals surface area contributed by atoms with Gasteiger partial charge in [0, 0.05) is 19.3 Å². The van der Waals surface area contributed by atoms with Crippen LogP contribution in [0.4, 0.5) is 5.69 Å². The molecule has 2 N–H and O–H groups in total. The van der Waals surface area contributed by atoms with Gasteiger partial charge in [-0.2, -0.15) is 0 Å². The third-order valence-electron chi connectivity index (χ3n) is 3.64. The molecule has 0 aliphatic rings. The molecule has 0 aliphatic heterocycles. The van der Waals surface area contributed by atoms with Gasteiger partial charge in [0.25, 0.3) is 0 Å². The van der Waals surface area contributed by atoms with E-state index in [4.69, 9.17) is 4.74 Å². The zero-order chi connectivity index (χ0) is 17.4. The molecule has 5 heteroatoms. The summed E-state index contributed by atoms with van der Waals surface area (Å²) in [5, 5.41) is 5.28. The summed E-state index contributed by atoms with van der Waals surface area (Å²) >= 11 is 0. The van der Waals surface area contributed by atoms with E-state index >= 15 is 0 Å². The monoisotopic (exact) mass is 326 g/mol. The Labute approximate surface area is 142 Å². The maximum absolute atomic E-state index is 12.0. The van der Waals surface area contributed by atoms with Crippen molar-refractivity contribution in [3.63, 3.8) is 0 Å². The van der Waals surface area contributed by atoms with E-state index in [0.717, 1.165) is 23.1 Å². The summed E-state index contributed by atoms with van der Waals surface area (Å²) in [5.41, 5.74) is 3.64. The number of aryl methyl sites for hydroxylation is 1. The highest BCUT2D eigenvalue weighted by Gasteiger charge is 2.14. The van der Waals surface area contributed by atoms with Crippen molar-refractivity contribution in [2.75, 3.05) is 12.4 Å². The summed E-state index contributed by atoms with van der Waals surface area (Å²) in [6.45, 7) is 2.85. The fraction of sp³-hybridized carbons (Fsp3) is 0.263. The maximum atomic E-state index is 12.0. The molecule has 0 unspecified atom stereocenters. The van der Waals surface area contributed by atoms with Crippen molar-refractivity contribution in [2.24, 2.45) is 0 Å². The summed E-state index contributed by atoms with van der Waals surface area (Å²) in [5.74, 6) is -1.31. The van der Waals surface area contributed by atoms with Crippen molar-refractivity contribution in [1.29, 1.82) is 0 Å². The van der Waals surface area contributed by atoms with Gasteiger partial charge in [-0.05, 0) is 29.2 Å². The van der Waals surface area contributed by atoms with Crippen LogP contribution >= 0.6 is 0 Å². The number of ether oxygens (including phenoxy) is 1. The quantitative estimate of drug-likeness (QED) is 0.802. The van der Waals surface area contributed by atoms with Crippen LogP contribution in [-0.2, 0) is 33.9 Å². The SMILES string of the molecule is CCc1ccccc1NC(=O)C(=O)NCc1ccc(COC)cc1. The van der Waals surface area contributed by atoms with Gasteiger partial charge in [0.15, 0.2) is 0 Å². The molecule has 2 aromatic carbocycles. The van der Waals surface area contributed by atoms with Gasteiger partial charge >= 0.3 is 11.8 Å². The molecule has 24 heavy (non-hydrogen) atoms. The zero-order valence-corrected chi connectivity index (χ0v) is 14.0. The fourth-order valence-corrected chi connectivity index (χ4v) is 2.31. The first-order valence-corrected chi connectivity index (χ1v) is 7.88. The van der Waals surface area contributed by atoms with Crippen molar-refractivity contribution < 1.29 is 14.3 Å². The van der Waals surface area contributed by atoms with Gasteiger partial charge in [0.1, 0.15) is 0 Å². The second kappa shape index (κ2) is 8.84. The van der Waals surface area contributed by atoms with Crippen LogP contribution in [0, 0.1) is 0 Å². The zero-order valence-electron chi connectivity index (χ0n) is 14.0. The largest absolute Gasteiger partial charge is 0.380 e. The van der Waals surface area contributed by atoms with E-state index in [9.17, 15) is 9.59 Å². The van der Waals surface area contributed by atoms with Crippen molar-refractivity contribution in [3.05, 3.63) is 65.2 Å². The van der Waals surface area contributed by atoms with E-state index < -0.39 is 11.8 Å². The van der Waals surface area contributed by atoms with E-state index in [2.05, 4.69) is 10.6 Å². The number of benzene rings is 2. The molecule has 0 radical (unpaired) electrons. The Bertz CT molecular complexity index is 696. The van der Waals surface area contributed by atoms with Crippen molar-refractivity contribution in [1.82, 2.24) is 5.32 Å². The summed E-state index contributed by atoms with van der Waals surface area (Å²) in [6.07, 6.45) is 0.784. The first-order valence-electron chi connectivity index (χ1n) is 7.88. The number of para-hydroxylation sites is 1. The number of hydrogen-bond donors (Lipinski definition) is 2. The highest BCUT2D eigenvalue weighted by Crippen LogP contribution is 2.15. The number of anilines is 1. The number of methoxy groups -OCH3 is 1. The lowest BCUT2D eigenvalue weighted by molar-refractivity contribution is -0.136. The molecule has 0 bridgehead atoms. The van der Waals surface area contributed by atoms with Gasteiger partial charge in [0.05, 0.1) is 6.61 Å². The van der Waals surface area contributed by atoms with Crippen LogP contribution in [-0.4, -0.2) is 18.9 Å². The highest BCUT2D eigenvalue weighted by molar-refractivity contribution is 6.39. The van der Waals surface area contributed by atoms with Crippen molar-refractivity contribution >= 4 is 17.5 Å². The van der Waals surface area contributed by atoms with Crippen molar-refractivity contribution in [3.8, 4) is 0 Å². The number of carbonyl (C=O) groups excluding carboxylic acids is 2. The molecule has 2 aromatic rings. The van der Waals surface area contributed by atoms with E-state index in [1.54, 1.807) is 13.2 Å². The fourth-order valence-electron chi connectivity index (χ4n) is 2.31. The number of amides is 2. The van der Waals surface area contributed by atoms with Gasteiger partial charge in [-0.25, -0.2) is 0 Å². The predicted octanol–water partition coefficient (Wildman–Crippen LogP) is 2.65. The van der Waals surface area contributed by atoms with Crippen LogP contribution in [0.25, 0.3) is 0 Å². The first-order chi connectivity index (χ1) is 11.6. The Balaban J connectivity index is 1.88. The lowest BCUT2D eigenvalue weighted by atomic mass is 10.1. The topological polar surface area (TPSA) is 67.4 Å². The summed E-state index contributed by atoms with van der Waals surface area (Å²) in [6, 6.07) is 15.1. The normalized spacial score (nSPS) is 10.2.